The van der Waals surface area contributed by atoms with E-state index >= 15 is 0 Å². The van der Waals surface area contributed by atoms with Crippen molar-refractivity contribution in [2.24, 2.45) is 5.41 Å². The number of esters is 2. The summed E-state index contributed by atoms with van der Waals surface area (Å²) in [6, 6.07) is 9.27. The molecule has 0 heterocycles. The van der Waals surface area contributed by atoms with E-state index in [1.165, 1.54) is 0 Å². The molecule has 0 spiro atoms. The summed E-state index contributed by atoms with van der Waals surface area (Å²) in [5.41, 5.74) is -1.24. The van der Waals surface area contributed by atoms with Gasteiger partial charge in [-0.25, -0.2) is 4.79 Å². The van der Waals surface area contributed by atoms with Crippen molar-refractivity contribution in [3.05, 3.63) is 35.9 Å². The van der Waals surface area contributed by atoms with Gasteiger partial charge in [-0.2, -0.15) is 0 Å². The Hall–Kier alpha value is -2.57. The number of benzene rings is 1. The topological polar surface area (TPSA) is 90.9 Å². The second-order valence-electron chi connectivity index (χ2n) is 7.72. The molecule has 0 aliphatic rings. The zero-order valence-corrected chi connectivity index (χ0v) is 18.1. The van der Waals surface area contributed by atoms with Gasteiger partial charge in [0.1, 0.15) is 5.60 Å². The quantitative estimate of drug-likeness (QED) is 0.276. The molecular weight excluding hydrogens is 374 g/mol. The van der Waals surface area contributed by atoms with Crippen LogP contribution in [0.3, 0.4) is 0 Å². The van der Waals surface area contributed by atoms with Crippen LogP contribution in [-0.4, -0.2) is 43.4 Å². The highest BCUT2D eigenvalue weighted by Gasteiger charge is 2.48. The molecule has 0 atom stereocenters. The minimum Gasteiger partial charge on any atom is -0.465 e. The highest BCUT2D eigenvalue weighted by atomic mass is 16.6. The van der Waals surface area contributed by atoms with Crippen LogP contribution in [0.1, 0.15) is 53.0 Å². The van der Waals surface area contributed by atoms with Gasteiger partial charge in [0.15, 0.2) is 5.41 Å². The second-order valence-corrected chi connectivity index (χ2v) is 7.72. The molecule has 0 saturated heterocycles. The number of alkyl carbamates (subject to hydrolysis) is 1. The molecule has 1 rings (SSSR count). The molecule has 1 amide bonds. The molecule has 162 valence electrons. The summed E-state index contributed by atoms with van der Waals surface area (Å²) in [6.07, 6.45) is 0.176. The van der Waals surface area contributed by atoms with E-state index in [1.807, 2.05) is 30.3 Å². The van der Waals surface area contributed by atoms with E-state index in [9.17, 15) is 14.4 Å². The van der Waals surface area contributed by atoms with Crippen molar-refractivity contribution in [2.75, 3.05) is 19.8 Å². The number of carbonyl (C=O) groups excluding carboxylic acids is 3. The lowest BCUT2D eigenvalue weighted by Crippen LogP contribution is -2.44. The first-order chi connectivity index (χ1) is 13.6. The molecule has 0 radical (unpaired) electrons. The van der Waals surface area contributed by atoms with Crippen molar-refractivity contribution in [2.45, 2.75) is 59.5 Å². The van der Waals surface area contributed by atoms with E-state index in [0.29, 0.717) is 6.42 Å². The lowest BCUT2D eigenvalue weighted by molar-refractivity contribution is -0.172. The van der Waals surface area contributed by atoms with Crippen molar-refractivity contribution in [1.82, 2.24) is 5.32 Å². The van der Waals surface area contributed by atoms with Crippen LogP contribution in [0.25, 0.3) is 0 Å². The summed E-state index contributed by atoms with van der Waals surface area (Å²) in [5.74, 6) is -1.22. The summed E-state index contributed by atoms with van der Waals surface area (Å²) in [7, 11) is 0. The molecule has 0 unspecified atom stereocenters. The SMILES string of the molecule is CCOC(=O)C(CCCNC(=O)OC(C)(C)C)(Cc1ccccc1)C(=O)OCC. The maximum absolute atomic E-state index is 12.9. The Balaban J connectivity index is 2.96. The molecule has 7 nitrogen and oxygen atoms in total. The van der Waals surface area contributed by atoms with Crippen LogP contribution in [0.15, 0.2) is 30.3 Å². The van der Waals surface area contributed by atoms with Crippen LogP contribution in [0.2, 0.25) is 0 Å². The van der Waals surface area contributed by atoms with Gasteiger partial charge >= 0.3 is 18.0 Å². The highest BCUT2D eigenvalue weighted by Crippen LogP contribution is 2.32. The van der Waals surface area contributed by atoms with Crippen LogP contribution in [0.5, 0.6) is 0 Å². The maximum atomic E-state index is 12.9. The van der Waals surface area contributed by atoms with E-state index in [2.05, 4.69) is 5.32 Å². The predicted octanol–water partition coefficient (Wildman–Crippen LogP) is 3.65. The van der Waals surface area contributed by atoms with Gasteiger partial charge in [0.2, 0.25) is 0 Å². The monoisotopic (exact) mass is 407 g/mol. The first-order valence-electron chi connectivity index (χ1n) is 10.00. The molecule has 0 aliphatic heterocycles. The number of hydrogen-bond donors (Lipinski definition) is 1. The Bertz CT molecular complexity index is 648. The van der Waals surface area contributed by atoms with Crippen LogP contribution < -0.4 is 5.32 Å². The number of carbonyl (C=O) groups is 3. The van der Waals surface area contributed by atoms with E-state index in [1.54, 1.807) is 34.6 Å². The van der Waals surface area contributed by atoms with E-state index in [-0.39, 0.29) is 32.6 Å². The molecular formula is C22H33NO6. The lowest BCUT2D eigenvalue weighted by atomic mass is 9.77. The molecule has 0 fully saturated rings. The van der Waals surface area contributed by atoms with Gasteiger partial charge in [0.25, 0.3) is 0 Å². The third-order valence-electron chi connectivity index (χ3n) is 4.13. The van der Waals surface area contributed by atoms with Crippen LogP contribution in [0, 0.1) is 5.41 Å². The Labute approximate surface area is 173 Å². The Morgan fingerprint density at radius 3 is 1.97 bits per heavy atom. The molecule has 7 heteroatoms. The standard InChI is InChI=1S/C22H33NO6/c1-6-27-18(24)22(19(25)28-7-2,16-17-12-9-8-10-13-17)14-11-15-23-20(26)29-21(3,4)5/h8-10,12-13H,6-7,11,14-16H2,1-5H3,(H,23,26). The van der Waals surface area contributed by atoms with Gasteiger partial charge in [-0.05, 0) is 59.4 Å². The van der Waals surface area contributed by atoms with E-state index < -0.39 is 29.0 Å². The number of amides is 1. The largest absolute Gasteiger partial charge is 0.465 e. The van der Waals surface area contributed by atoms with Crippen LogP contribution >= 0.6 is 0 Å². The minimum atomic E-state index is -1.47. The third kappa shape index (κ3) is 8.13. The zero-order valence-electron chi connectivity index (χ0n) is 18.1. The maximum Gasteiger partial charge on any atom is 0.407 e. The molecule has 1 aromatic carbocycles. The normalized spacial score (nSPS) is 11.5. The van der Waals surface area contributed by atoms with Gasteiger partial charge in [0, 0.05) is 6.54 Å². The van der Waals surface area contributed by atoms with Gasteiger partial charge in [-0.3, -0.25) is 9.59 Å². The van der Waals surface area contributed by atoms with Gasteiger partial charge in [-0.1, -0.05) is 30.3 Å². The number of nitrogens with one attached hydrogen (secondary N) is 1. The first-order valence-corrected chi connectivity index (χ1v) is 10.00. The molecule has 29 heavy (non-hydrogen) atoms. The third-order valence-corrected chi connectivity index (χ3v) is 4.13. The molecule has 1 aromatic rings. The van der Waals surface area contributed by atoms with Crippen molar-refractivity contribution in [3.63, 3.8) is 0 Å². The minimum absolute atomic E-state index is 0.158. The smallest absolute Gasteiger partial charge is 0.407 e. The lowest BCUT2D eigenvalue weighted by Gasteiger charge is -2.29. The fourth-order valence-corrected chi connectivity index (χ4v) is 2.90. The predicted molar refractivity (Wildman–Crippen MR) is 109 cm³/mol. The summed E-state index contributed by atoms with van der Waals surface area (Å²) < 4.78 is 15.7. The number of rotatable bonds is 10. The summed E-state index contributed by atoms with van der Waals surface area (Å²) in [5, 5.41) is 2.65. The van der Waals surface area contributed by atoms with Crippen molar-refractivity contribution >= 4 is 18.0 Å². The Kier molecular flexibility index (Phi) is 9.65. The summed E-state index contributed by atoms with van der Waals surface area (Å²) in [4.78, 5) is 37.6. The fourth-order valence-electron chi connectivity index (χ4n) is 2.90. The van der Waals surface area contributed by atoms with Crippen LogP contribution in [0.4, 0.5) is 4.79 Å². The molecule has 1 N–H and O–H groups in total. The Morgan fingerprint density at radius 2 is 1.48 bits per heavy atom. The first kappa shape index (κ1) is 24.5. The van der Waals surface area contributed by atoms with Crippen molar-refractivity contribution < 1.29 is 28.6 Å². The van der Waals surface area contributed by atoms with Crippen molar-refractivity contribution in [1.29, 1.82) is 0 Å². The highest BCUT2D eigenvalue weighted by molar-refractivity contribution is 6.00. The summed E-state index contributed by atoms with van der Waals surface area (Å²) >= 11 is 0. The van der Waals surface area contributed by atoms with Crippen molar-refractivity contribution in [3.8, 4) is 0 Å². The molecule has 0 aliphatic carbocycles. The number of ether oxygens (including phenoxy) is 3. The summed E-state index contributed by atoms with van der Waals surface area (Å²) in [6.45, 7) is 9.29. The molecule has 0 saturated carbocycles. The average Bonchev–Trinajstić information content (AvgIpc) is 2.64. The van der Waals surface area contributed by atoms with Gasteiger partial charge in [0.05, 0.1) is 13.2 Å². The zero-order chi connectivity index (χ0) is 21.9. The van der Waals surface area contributed by atoms with Crippen LogP contribution in [-0.2, 0) is 30.2 Å². The average molecular weight is 408 g/mol. The second kappa shape index (κ2) is 11.4. The van der Waals surface area contributed by atoms with Gasteiger partial charge in [-0.15, -0.1) is 0 Å². The van der Waals surface area contributed by atoms with Gasteiger partial charge < -0.3 is 19.5 Å². The van der Waals surface area contributed by atoms with E-state index in [4.69, 9.17) is 14.2 Å². The Morgan fingerprint density at radius 1 is 0.931 bits per heavy atom. The molecule has 0 bridgehead atoms. The fraction of sp³-hybridized carbons (Fsp3) is 0.591. The van der Waals surface area contributed by atoms with E-state index in [0.717, 1.165) is 5.56 Å². The molecule has 0 aromatic heterocycles. The number of hydrogen-bond acceptors (Lipinski definition) is 6.